The summed E-state index contributed by atoms with van der Waals surface area (Å²) >= 11 is 0. The number of carbonyl (C=O) groups is 1. The van der Waals surface area contributed by atoms with Crippen molar-refractivity contribution in [1.82, 2.24) is 15.2 Å². The molecule has 0 aliphatic carbocycles. The molecule has 1 aromatic heterocycles. The zero-order valence-electron chi connectivity index (χ0n) is 12.6. The van der Waals surface area contributed by atoms with Crippen molar-refractivity contribution in [3.05, 3.63) is 23.5 Å². The van der Waals surface area contributed by atoms with E-state index >= 15 is 0 Å². The highest BCUT2D eigenvalue weighted by Crippen LogP contribution is 2.04. The lowest BCUT2D eigenvalue weighted by atomic mass is 10.1. The Labute approximate surface area is 121 Å². The Morgan fingerprint density at radius 1 is 1.50 bits per heavy atom. The first kappa shape index (κ1) is 16.3. The molecule has 20 heavy (non-hydrogen) atoms. The minimum Gasteiger partial charge on any atom is -0.356 e. The molecule has 0 saturated carbocycles. The number of carbonyl (C=O) groups excluding carboxylic acids is 1. The number of nitrogens with zero attached hydrogens (tertiary/aromatic N) is 2. The fourth-order valence-corrected chi connectivity index (χ4v) is 2.12. The third kappa shape index (κ3) is 5.06. The van der Waals surface area contributed by atoms with E-state index in [1.807, 2.05) is 13.0 Å². The number of hydrogen-bond donors (Lipinski definition) is 2. The molecule has 110 valence electrons. The Morgan fingerprint density at radius 3 is 2.75 bits per heavy atom. The molecule has 0 fully saturated rings. The second-order valence-electron chi connectivity index (χ2n) is 4.96. The summed E-state index contributed by atoms with van der Waals surface area (Å²) in [7, 11) is 0. The molecular formula is C15H24N4O. The Hall–Kier alpha value is -1.80. The first-order valence-electron chi connectivity index (χ1n) is 7.22. The van der Waals surface area contributed by atoms with Gasteiger partial charge in [-0.1, -0.05) is 13.8 Å². The summed E-state index contributed by atoms with van der Waals surface area (Å²) < 4.78 is 0. The molecule has 1 atom stereocenters. The van der Waals surface area contributed by atoms with Gasteiger partial charge in [0.05, 0.1) is 5.56 Å². The van der Waals surface area contributed by atoms with Crippen molar-refractivity contribution in [3.63, 3.8) is 0 Å². The normalized spacial score (nSPS) is 12.2. The van der Waals surface area contributed by atoms with E-state index in [4.69, 9.17) is 5.26 Å². The van der Waals surface area contributed by atoms with E-state index in [-0.39, 0.29) is 11.9 Å². The van der Waals surface area contributed by atoms with Crippen molar-refractivity contribution in [3.8, 4) is 6.07 Å². The second kappa shape index (κ2) is 8.39. The zero-order chi connectivity index (χ0) is 15.0. The van der Waals surface area contributed by atoms with Crippen molar-refractivity contribution < 1.29 is 4.79 Å². The Bertz CT molecular complexity index is 457. The van der Waals surface area contributed by atoms with E-state index in [9.17, 15) is 4.79 Å². The largest absolute Gasteiger partial charge is 0.356 e. The molecule has 0 aliphatic heterocycles. The molecule has 1 heterocycles. The van der Waals surface area contributed by atoms with Crippen molar-refractivity contribution in [2.75, 3.05) is 19.6 Å². The van der Waals surface area contributed by atoms with Crippen molar-refractivity contribution in [1.29, 1.82) is 5.26 Å². The quantitative estimate of drug-likeness (QED) is 0.764. The van der Waals surface area contributed by atoms with Gasteiger partial charge in [0.25, 0.3) is 5.91 Å². The van der Waals surface area contributed by atoms with Gasteiger partial charge in [-0.05, 0) is 45.5 Å². The van der Waals surface area contributed by atoms with E-state index in [1.54, 1.807) is 12.3 Å². The van der Waals surface area contributed by atoms with Crippen LogP contribution >= 0.6 is 0 Å². The lowest BCUT2D eigenvalue weighted by Crippen LogP contribution is -2.33. The maximum atomic E-state index is 11.9. The summed E-state index contributed by atoms with van der Waals surface area (Å²) in [5.41, 5.74) is 0.918. The molecule has 0 saturated heterocycles. The zero-order valence-corrected chi connectivity index (χ0v) is 12.6. The highest BCUT2D eigenvalue weighted by molar-refractivity contribution is 5.92. The van der Waals surface area contributed by atoms with E-state index in [0.29, 0.717) is 11.3 Å². The molecule has 5 heteroatoms. The van der Waals surface area contributed by atoms with Crippen LogP contribution in [0.3, 0.4) is 0 Å². The number of H-pyrrole nitrogens is 1. The van der Waals surface area contributed by atoms with Crippen molar-refractivity contribution >= 4 is 5.91 Å². The van der Waals surface area contributed by atoms with Gasteiger partial charge in [-0.3, -0.25) is 4.79 Å². The van der Waals surface area contributed by atoms with Gasteiger partial charge in [0.15, 0.2) is 0 Å². The summed E-state index contributed by atoms with van der Waals surface area (Å²) in [6.45, 7) is 9.52. The third-order valence-corrected chi connectivity index (χ3v) is 3.44. The summed E-state index contributed by atoms with van der Waals surface area (Å²) in [6.07, 6.45) is 3.56. The minimum absolute atomic E-state index is 0.131. The van der Waals surface area contributed by atoms with Gasteiger partial charge >= 0.3 is 0 Å². The van der Waals surface area contributed by atoms with E-state index in [1.165, 1.54) is 0 Å². The van der Waals surface area contributed by atoms with Gasteiger partial charge in [-0.15, -0.1) is 0 Å². The number of aromatic nitrogens is 1. The van der Waals surface area contributed by atoms with Crippen LogP contribution in [0.15, 0.2) is 12.3 Å². The smallest absolute Gasteiger partial charge is 0.267 e. The number of nitrogens with one attached hydrogen (secondary N) is 2. The highest BCUT2D eigenvalue weighted by atomic mass is 16.1. The van der Waals surface area contributed by atoms with Gasteiger partial charge in [0, 0.05) is 12.2 Å². The number of hydrogen-bond acceptors (Lipinski definition) is 3. The number of rotatable bonds is 8. The van der Waals surface area contributed by atoms with Crippen LogP contribution in [0.1, 0.15) is 49.7 Å². The van der Waals surface area contributed by atoms with E-state index in [0.717, 1.165) is 32.5 Å². The fraction of sp³-hybridized carbons (Fsp3) is 0.600. The summed E-state index contributed by atoms with van der Waals surface area (Å²) in [4.78, 5) is 17.1. The first-order valence-corrected chi connectivity index (χ1v) is 7.22. The topological polar surface area (TPSA) is 71.9 Å². The van der Waals surface area contributed by atoms with Crippen LogP contribution in [0.25, 0.3) is 0 Å². The molecule has 0 aromatic carbocycles. The molecule has 1 amide bonds. The van der Waals surface area contributed by atoms with Crippen LogP contribution < -0.4 is 5.32 Å². The molecular weight excluding hydrogens is 252 g/mol. The maximum absolute atomic E-state index is 11.9. The molecule has 0 radical (unpaired) electrons. The molecule has 0 bridgehead atoms. The molecule has 1 aromatic rings. The average molecular weight is 276 g/mol. The number of aromatic amines is 1. The minimum atomic E-state index is -0.151. The van der Waals surface area contributed by atoms with Crippen LogP contribution in [0, 0.1) is 11.3 Å². The lowest BCUT2D eigenvalue weighted by molar-refractivity contribution is 0.0933. The number of nitriles is 1. The molecule has 5 nitrogen and oxygen atoms in total. The van der Waals surface area contributed by atoms with Crippen LogP contribution in [0.5, 0.6) is 0 Å². The molecule has 0 spiro atoms. The highest BCUT2D eigenvalue weighted by Gasteiger charge is 2.12. The molecule has 2 N–H and O–H groups in total. The SMILES string of the molecule is CCN(CC)CCC[C@@H](C)NC(=O)c1cc(C#N)c[nH]1. The van der Waals surface area contributed by atoms with Crippen LogP contribution in [0.4, 0.5) is 0 Å². The predicted molar refractivity (Wildman–Crippen MR) is 79.5 cm³/mol. The Balaban J connectivity index is 2.33. The number of amides is 1. The summed E-state index contributed by atoms with van der Waals surface area (Å²) in [6, 6.07) is 3.70. The van der Waals surface area contributed by atoms with Gasteiger partial charge in [0.1, 0.15) is 11.8 Å². The van der Waals surface area contributed by atoms with Crippen LogP contribution in [-0.2, 0) is 0 Å². The van der Waals surface area contributed by atoms with Crippen LogP contribution in [0.2, 0.25) is 0 Å². The summed E-state index contributed by atoms with van der Waals surface area (Å²) in [5, 5.41) is 11.7. The van der Waals surface area contributed by atoms with Gasteiger partial charge < -0.3 is 15.2 Å². The third-order valence-electron chi connectivity index (χ3n) is 3.44. The predicted octanol–water partition coefficient (Wildman–Crippen LogP) is 2.13. The van der Waals surface area contributed by atoms with Crippen molar-refractivity contribution in [2.24, 2.45) is 0 Å². The molecule has 0 unspecified atom stereocenters. The van der Waals surface area contributed by atoms with E-state index in [2.05, 4.69) is 29.0 Å². The Kier molecular flexibility index (Phi) is 6.82. The van der Waals surface area contributed by atoms with Gasteiger partial charge in [0.2, 0.25) is 0 Å². The average Bonchev–Trinajstić information content (AvgIpc) is 2.92. The van der Waals surface area contributed by atoms with Gasteiger partial charge in [-0.2, -0.15) is 5.26 Å². The monoisotopic (exact) mass is 276 g/mol. The fourth-order valence-electron chi connectivity index (χ4n) is 2.12. The maximum Gasteiger partial charge on any atom is 0.267 e. The molecule has 1 rings (SSSR count). The van der Waals surface area contributed by atoms with Crippen molar-refractivity contribution in [2.45, 2.75) is 39.7 Å². The summed E-state index contributed by atoms with van der Waals surface area (Å²) in [5.74, 6) is -0.151. The van der Waals surface area contributed by atoms with E-state index < -0.39 is 0 Å². The standard InChI is InChI=1S/C15H24N4O/c1-4-19(5-2)8-6-7-12(3)18-15(20)14-9-13(10-16)11-17-14/h9,11-12,17H,4-8H2,1-3H3,(H,18,20)/t12-/m1/s1. The molecule has 0 aliphatic rings. The van der Waals surface area contributed by atoms with Gasteiger partial charge in [-0.25, -0.2) is 0 Å². The lowest BCUT2D eigenvalue weighted by Gasteiger charge is -2.19. The second-order valence-corrected chi connectivity index (χ2v) is 4.96. The first-order chi connectivity index (χ1) is 9.60. The van der Waals surface area contributed by atoms with Crippen LogP contribution in [-0.4, -0.2) is 41.5 Å². The Morgan fingerprint density at radius 2 is 2.20 bits per heavy atom.